The van der Waals surface area contributed by atoms with Crippen LogP contribution in [0.25, 0.3) is 11.5 Å². The van der Waals surface area contributed by atoms with Gasteiger partial charge in [-0.3, -0.25) is 4.79 Å². The molecule has 4 rings (SSSR count). The molecule has 3 aromatic rings. The highest BCUT2D eigenvalue weighted by Gasteiger charge is 2.30. The smallest absolute Gasteiger partial charge is 0.277 e. The lowest BCUT2D eigenvalue weighted by Gasteiger charge is -2.22. The van der Waals surface area contributed by atoms with E-state index < -0.39 is 0 Å². The molecule has 0 unspecified atom stereocenters. The van der Waals surface area contributed by atoms with Crippen molar-refractivity contribution in [2.45, 2.75) is 30.2 Å². The number of amides is 1. The van der Waals surface area contributed by atoms with Crippen LogP contribution in [0, 0.1) is 6.92 Å². The molecular weight excluding hydrogens is 358 g/mol. The van der Waals surface area contributed by atoms with E-state index in [9.17, 15) is 4.79 Å². The summed E-state index contributed by atoms with van der Waals surface area (Å²) in [4.78, 5) is 15.0. The Morgan fingerprint density at radius 1 is 1.07 bits per heavy atom. The van der Waals surface area contributed by atoms with Crippen LogP contribution in [0.2, 0.25) is 0 Å². The van der Waals surface area contributed by atoms with E-state index in [2.05, 4.69) is 10.2 Å². The number of aromatic nitrogens is 2. The van der Waals surface area contributed by atoms with Crippen LogP contribution in [-0.4, -0.2) is 34.1 Å². The molecule has 1 atom stereocenters. The topological polar surface area (TPSA) is 59.2 Å². The standard InChI is InChI=1S/C21H21N3O2S/c1-15-8-7-11-17(14-15)19-22-23-21(26-19)27-18(16-9-3-2-4-10-16)20(25)24-12-5-6-13-24/h2-4,7-11,14,18H,5-6,12-13H2,1H3/t18-/m0/s1. The molecular formula is C21H21N3O2S. The van der Waals surface area contributed by atoms with Crippen molar-refractivity contribution < 1.29 is 9.21 Å². The third kappa shape index (κ3) is 4.06. The number of nitrogens with zero attached hydrogens (tertiary/aromatic N) is 3. The van der Waals surface area contributed by atoms with Crippen molar-refractivity contribution in [3.8, 4) is 11.5 Å². The van der Waals surface area contributed by atoms with Gasteiger partial charge in [-0.25, -0.2) is 0 Å². The highest BCUT2D eigenvalue weighted by molar-refractivity contribution is 8.00. The Bertz CT molecular complexity index is 920. The molecule has 0 N–H and O–H groups in total. The van der Waals surface area contributed by atoms with Crippen LogP contribution in [0.5, 0.6) is 0 Å². The molecule has 0 spiro atoms. The van der Waals surface area contributed by atoms with Crippen LogP contribution in [-0.2, 0) is 4.79 Å². The monoisotopic (exact) mass is 379 g/mol. The lowest BCUT2D eigenvalue weighted by Crippen LogP contribution is -2.31. The summed E-state index contributed by atoms with van der Waals surface area (Å²) in [5, 5.41) is 8.37. The zero-order chi connectivity index (χ0) is 18.6. The second kappa shape index (κ2) is 7.96. The summed E-state index contributed by atoms with van der Waals surface area (Å²) >= 11 is 1.32. The zero-order valence-electron chi connectivity index (χ0n) is 15.2. The Balaban J connectivity index is 1.59. The lowest BCUT2D eigenvalue weighted by molar-refractivity contribution is -0.129. The minimum Gasteiger partial charge on any atom is -0.411 e. The number of aryl methyl sites for hydroxylation is 1. The molecule has 1 fully saturated rings. The molecule has 27 heavy (non-hydrogen) atoms. The van der Waals surface area contributed by atoms with E-state index in [0.29, 0.717) is 11.1 Å². The van der Waals surface area contributed by atoms with E-state index in [4.69, 9.17) is 4.42 Å². The maximum absolute atomic E-state index is 13.1. The summed E-state index contributed by atoms with van der Waals surface area (Å²) in [6, 6.07) is 17.7. The first kappa shape index (κ1) is 17.8. The van der Waals surface area contributed by atoms with Gasteiger partial charge in [0.2, 0.25) is 11.8 Å². The quantitative estimate of drug-likeness (QED) is 0.611. The molecule has 5 nitrogen and oxygen atoms in total. The second-order valence-corrected chi connectivity index (χ2v) is 7.74. The average molecular weight is 379 g/mol. The van der Waals surface area contributed by atoms with Crippen molar-refractivity contribution in [2.24, 2.45) is 0 Å². The van der Waals surface area contributed by atoms with Crippen LogP contribution in [0.15, 0.2) is 64.2 Å². The molecule has 2 aromatic carbocycles. The SMILES string of the molecule is Cc1cccc(-c2nnc(S[C@H](C(=O)N3CCCC3)c3ccccc3)o2)c1. The average Bonchev–Trinajstić information content (AvgIpc) is 3.38. The van der Waals surface area contributed by atoms with Gasteiger partial charge < -0.3 is 9.32 Å². The largest absolute Gasteiger partial charge is 0.411 e. The molecule has 0 radical (unpaired) electrons. The summed E-state index contributed by atoms with van der Waals surface area (Å²) < 4.78 is 5.86. The Kier molecular flexibility index (Phi) is 5.25. The molecule has 0 aliphatic carbocycles. The summed E-state index contributed by atoms with van der Waals surface area (Å²) in [6.45, 7) is 3.66. The minimum absolute atomic E-state index is 0.110. The van der Waals surface area contributed by atoms with Gasteiger partial charge in [0.05, 0.1) is 0 Å². The number of likely N-dealkylation sites (tertiary alicyclic amines) is 1. The molecule has 0 bridgehead atoms. The van der Waals surface area contributed by atoms with Crippen LogP contribution >= 0.6 is 11.8 Å². The molecule has 0 saturated carbocycles. The van der Waals surface area contributed by atoms with Crippen LogP contribution in [0.4, 0.5) is 0 Å². The fourth-order valence-electron chi connectivity index (χ4n) is 3.25. The van der Waals surface area contributed by atoms with Gasteiger partial charge in [0, 0.05) is 18.7 Å². The first-order valence-electron chi connectivity index (χ1n) is 9.11. The highest BCUT2D eigenvalue weighted by Crippen LogP contribution is 2.37. The third-order valence-corrected chi connectivity index (χ3v) is 5.71. The van der Waals surface area contributed by atoms with Crippen molar-refractivity contribution in [1.82, 2.24) is 15.1 Å². The van der Waals surface area contributed by atoms with E-state index in [1.807, 2.05) is 66.4 Å². The van der Waals surface area contributed by atoms with Crippen molar-refractivity contribution in [3.63, 3.8) is 0 Å². The molecule has 2 heterocycles. The normalized spacial score (nSPS) is 15.1. The molecule has 1 aliphatic heterocycles. The number of benzene rings is 2. The van der Waals surface area contributed by atoms with Gasteiger partial charge in [-0.1, -0.05) is 48.0 Å². The predicted molar refractivity (Wildman–Crippen MR) is 105 cm³/mol. The van der Waals surface area contributed by atoms with E-state index in [1.165, 1.54) is 11.8 Å². The maximum atomic E-state index is 13.1. The third-order valence-electron chi connectivity index (χ3n) is 4.63. The summed E-state index contributed by atoms with van der Waals surface area (Å²) in [5.74, 6) is 0.584. The number of carbonyl (C=O) groups is 1. The Morgan fingerprint density at radius 2 is 1.85 bits per heavy atom. The van der Waals surface area contributed by atoms with Crippen molar-refractivity contribution in [3.05, 3.63) is 65.7 Å². The Labute approximate surface area is 162 Å². The van der Waals surface area contributed by atoms with Gasteiger partial charge in [-0.2, -0.15) is 0 Å². The molecule has 138 valence electrons. The van der Waals surface area contributed by atoms with Crippen molar-refractivity contribution in [2.75, 3.05) is 13.1 Å². The maximum Gasteiger partial charge on any atom is 0.277 e. The van der Waals surface area contributed by atoms with E-state index in [0.717, 1.165) is 42.6 Å². The fraction of sp³-hybridized carbons (Fsp3) is 0.286. The first-order chi connectivity index (χ1) is 13.2. The van der Waals surface area contributed by atoms with Gasteiger partial charge in [0.25, 0.3) is 5.22 Å². The zero-order valence-corrected chi connectivity index (χ0v) is 16.0. The molecule has 6 heteroatoms. The van der Waals surface area contributed by atoms with Gasteiger partial charge in [-0.15, -0.1) is 10.2 Å². The summed E-state index contributed by atoms with van der Waals surface area (Å²) in [5.41, 5.74) is 2.97. The van der Waals surface area contributed by atoms with E-state index in [1.54, 1.807) is 0 Å². The number of hydrogen-bond donors (Lipinski definition) is 0. The number of hydrogen-bond acceptors (Lipinski definition) is 5. The Hall–Kier alpha value is -2.60. The van der Waals surface area contributed by atoms with E-state index in [-0.39, 0.29) is 11.2 Å². The minimum atomic E-state index is -0.380. The number of thioether (sulfide) groups is 1. The summed E-state index contributed by atoms with van der Waals surface area (Å²) in [6.07, 6.45) is 2.13. The molecule has 1 saturated heterocycles. The molecule has 1 amide bonds. The van der Waals surface area contributed by atoms with Gasteiger partial charge >= 0.3 is 0 Å². The summed E-state index contributed by atoms with van der Waals surface area (Å²) in [7, 11) is 0. The van der Waals surface area contributed by atoms with Crippen molar-refractivity contribution in [1.29, 1.82) is 0 Å². The van der Waals surface area contributed by atoms with Crippen molar-refractivity contribution >= 4 is 17.7 Å². The van der Waals surface area contributed by atoms with Crippen LogP contribution < -0.4 is 0 Å². The van der Waals surface area contributed by atoms with Gasteiger partial charge in [0.15, 0.2) is 0 Å². The molecule has 1 aliphatic rings. The van der Waals surface area contributed by atoms with E-state index >= 15 is 0 Å². The van der Waals surface area contributed by atoms with Crippen LogP contribution in [0.1, 0.15) is 29.2 Å². The van der Waals surface area contributed by atoms with Gasteiger partial charge in [-0.05, 0) is 49.2 Å². The second-order valence-electron chi connectivity index (χ2n) is 6.68. The fourth-order valence-corrected chi connectivity index (χ4v) is 4.20. The molecule has 1 aromatic heterocycles. The van der Waals surface area contributed by atoms with Crippen LogP contribution in [0.3, 0.4) is 0 Å². The highest BCUT2D eigenvalue weighted by atomic mass is 32.2. The van der Waals surface area contributed by atoms with Gasteiger partial charge in [0.1, 0.15) is 5.25 Å². The Morgan fingerprint density at radius 3 is 2.59 bits per heavy atom. The number of rotatable bonds is 5. The first-order valence-corrected chi connectivity index (χ1v) is 9.99. The number of carbonyl (C=O) groups excluding carboxylic acids is 1. The lowest BCUT2D eigenvalue weighted by atomic mass is 10.1. The predicted octanol–water partition coefficient (Wildman–Crippen LogP) is 4.50.